The van der Waals surface area contributed by atoms with Crippen molar-refractivity contribution < 1.29 is 37.5 Å². The van der Waals surface area contributed by atoms with Gasteiger partial charge in [-0.3, -0.25) is 24.6 Å². The molecule has 2 saturated heterocycles. The van der Waals surface area contributed by atoms with Crippen molar-refractivity contribution in [2.24, 2.45) is 0 Å². The van der Waals surface area contributed by atoms with Crippen molar-refractivity contribution in [2.75, 3.05) is 26.7 Å². The smallest absolute Gasteiger partial charge is 0.475 e. The maximum atomic E-state index is 12.8. The number of hydrogen-bond acceptors (Lipinski definition) is 8. The highest BCUT2D eigenvalue weighted by molar-refractivity contribution is 6.05. The molecule has 2 aromatic rings. The summed E-state index contributed by atoms with van der Waals surface area (Å²) in [6.45, 7) is 3.08. The van der Waals surface area contributed by atoms with Crippen LogP contribution >= 0.6 is 0 Å². The van der Waals surface area contributed by atoms with E-state index in [1.165, 1.54) is 0 Å². The van der Waals surface area contributed by atoms with Crippen molar-refractivity contribution in [3.8, 4) is 5.69 Å². The van der Waals surface area contributed by atoms with Gasteiger partial charge in [-0.25, -0.2) is 9.48 Å². The van der Waals surface area contributed by atoms with Crippen LogP contribution in [-0.4, -0.2) is 92.5 Å². The second-order valence-electron chi connectivity index (χ2n) is 8.83. The number of piperazine rings is 1. The van der Waals surface area contributed by atoms with E-state index in [2.05, 4.69) is 32.9 Å². The number of benzene rings is 1. The van der Waals surface area contributed by atoms with Crippen LogP contribution in [0, 0.1) is 0 Å². The highest BCUT2D eigenvalue weighted by Crippen LogP contribution is 2.29. The van der Waals surface area contributed by atoms with Gasteiger partial charge in [-0.15, -0.1) is 5.10 Å². The molecule has 2 unspecified atom stereocenters. The lowest BCUT2D eigenvalue weighted by molar-refractivity contribution is -0.192. The predicted octanol–water partition coefficient (Wildman–Crippen LogP) is 0.238. The number of carboxylic acids is 1. The molecule has 1 aromatic carbocycles. The Morgan fingerprint density at radius 3 is 2.57 bits per heavy atom. The maximum Gasteiger partial charge on any atom is 0.490 e. The number of aromatic nitrogens is 3. The number of rotatable bonds is 3. The van der Waals surface area contributed by atoms with Gasteiger partial charge < -0.3 is 15.3 Å². The summed E-state index contributed by atoms with van der Waals surface area (Å²) in [5.41, 5.74) is 3.14. The van der Waals surface area contributed by atoms with E-state index in [0.717, 1.165) is 36.6 Å². The van der Waals surface area contributed by atoms with Crippen LogP contribution in [0.1, 0.15) is 40.5 Å². The fourth-order valence-electron chi connectivity index (χ4n) is 4.40. The molecule has 3 amide bonds. The molecule has 0 radical (unpaired) electrons. The summed E-state index contributed by atoms with van der Waals surface area (Å²) in [6, 6.07) is 5.09. The highest BCUT2D eigenvalue weighted by atomic mass is 19.4. The number of likely N-dealkylation sites (N-methyl/N-ethyl adjacent to an activating group) is 1. The Labute approximate surface area is 208 Å². The molecule has 4 heterocycles. The zero-order valence-electron chi connectivity index (χ0n) is 19.7. The average Bonchev–Trinajstić information content (AvgIpc) is 3.44. The van der Waals surface area contributed by atoms with E-state index in [0.29, 0.717) is 18.5 Å². The minimum atomic E-state index is -5.08. The molecule has 1 aromatic heterocycles. The highest BCUT2D eigenvalue weighted by Gasteiger charge is 2.39. The molecule has 0 saturated carbocycles. The molecule has 0 bridgehead atoms. The molecule has 3 aliphatic rings. The molecule has 2 fully saturated rings. The third-order valence-electron chi connectivity index (χ3n) is 6.38. The number of nitrogens with one attached hydrogen (secondary N) is 2. The summed E-state index contributed by atoms with van der Waals surface area (Å²) in [4.78, 5) is 49.1. The molecule has 198 valence electrons. The van der Waals surface area contributed by atoms with Crippen LogP contribution in [0.3, 0.4) is 0 Å². The lowest BCUT2D eigenvalue weighted by Crippen LogP contribution is -2.52. The largest absolute Gasteiger partial charge is 0.490 e. The summed E-state index contributed by atoms with van der Waals surface area (Å²) in [5, 5.41) is 21.5. The van der Waals surface area contributed by atoms with Gasteiger partial charge in [-0.1, -0.05) is 5.21 Å². The number of hydrogen-bond donors (Lipinski definition) is 3. The lowest BCUT2D eigenvalue weighted by Gasteiger charge is -2.31. The van der Waals surface area contributed by atoms with Crippen LogP contribution in [0.15, 0.2) is 24.4 Å². The number of carbonyl (C=O) groups excluding carboxylic acids is 3. The van der Waals surface area contributed by atoms with Crippen LogP contribution in [0.2, 0.25) is 0 Å². The molecule has 2 atom stereocenters. The van der Waals surface area contributed by atoms with Gasteiger partial charge >= 0.3 is 12.1 Å². The second-order valence-corrected chi connectivity index (χ2v) is 8.83. The fourth-order valence-corrected chi connectivity index (χ4v) is 4.40. The summed E-state index contributed by atoms with van der Waals surface area (Å²) in [6.07, 6.45) is -2.56. The first-order chi connectivity index (χ1) is 17.5. The Balaban J connectivity index is 0.000000405. The van der Waals surface area contributed by atoms with Crippen LogP contribution < -0.4 is 10.6 Å². The predicted molar refractivity (Wildman–Crippen MR) is 119 cm³/mol. The summed E-state index contributed by atoms with van der Waals surface area (Å²) < 4.78 is 33.5. The standard InChI is InChI=1S/C20H23N7O3.C2HF3O2/c1-25-7-6-21-9-17(25)15-11-27(24-23-15)13-2-3-14-12(8-13)10-26(20(14)30)16-4-5-18(28)22-19(16)29;3-2(4,5)1(6)7/h2-3,8,11,16-17,21H,4-7,9-10H2,1H3,(H,22,28,29);(H,6,7). The first kappa shape index (κ1) is 26.2. The normalized spacial score (nSPS) is 22.3. The van der Waals surface area contributed by atoms with Gasteiger partial charge in [0.15, 0.2) is 0 Å². The minimum Gasteiger partial charge on any atom is -0.475 e. The molecule has 5 rings (SSSR count). The zero-order valence-corrected chi connectivity index (χ0v) is 19.7. The first-order valence-electron chi connectivity index (χ1n) is 11.4. The van der Waals surface area contributed by atoms with E-state index in [9.17, 15) is 27.6 Å². The van der Waals surface area contributed by atoms with Gasteiger partial charge in [-0.2, -0.15) is 13.2 Å². The number of carbonyl (C=O) groups is 4. The summed E-state index contributed by atoms with van der Waals surface area (Å²) >= 11 is 0. The Bertz CT molecular complexity index is 1230. The van der Waals surface area contributed by atoms with Gasteiger partial charge in [0, 0.05) is 38.2 Å². The number of nitrogens with zero attached hydrogens (tertiary/aromatic N) is 5. The van der Waals surface area contributed by atoms with E-state index in [4.69, 9.17) is 9.90 Å². The number of carboxylic acid groups (broad SMARTS) is 1. The number of piperidine rings is 1. The topological polar surface area (TPSA) is 150 Å². The molecular weight excluding hydrogens is 499 g/mol. The number of aliphatic carboxylic acids is 1. The van der Waals surface area contributed by atoms with Crippen LogP contribution in [-0.2, 0) is 20.9 Å². The van der Waals surface area contributed by atoms with Crippen molar-refractivity contribution in [1.82, 2.24) is 35.4 Å². The Kier molecular flexibility index (Phi) is 7.27. The van der Waals surface area contributed by atoms with Gasteiger partial charge in [0.2, 0.25) is 11.8 Å². The van der Waals surface area contributed by atoms with E-state index in [-0.39, 0.29) is 24.3 Å². The second kappa shape index (κ2) is 10.3. The average molecular weight is 523 g/mol. The molecule has 12 nitrogen and oxygen atoms in total. The van der Waals surface area contributed by atoms with Crippen molar-refractivity contribution in [1.29, 1.82) is 0 Å². The quantitative estimate of drug-likeness (QED) is 0.481. The minimum absolute atomic E-state index is 0.173. The first-order valence-corrected chi connectivity index (χ1v) is 11.4. The molecular formula is C22H24F3N7O5. The molecule has 37 heavy (non-hydrogen) atoms. The van der Waals surface area contributed by atoms with Crippen LogP contribution in [0.4, 0.5) is 13.2 Å². The Morgan fingerprint density at radius 2 is 1.92 bits per heavy atom. The number of imide groups is 1. The number of fused-ring (bicyclic) bond motifs is 1. The molecule has 0 aliphatic carbocycles. The fraction of sp³-hybridized carbons (Fsp3) is 0.455. The van der Waals surface area contributed by atoms with E-state index in [1.807, 2.05) is 18.3 Å². The molecule has 15 heteroatoms. The Morgan fingerprint density at radius 1 is 1.19 bits per heavy atom. The Hall–Kier alpha value is -3.85. The van der Waals surface area contributed by atoms with E-state index in [1.54, 1.807) is 15.6 Å². The lowest BCUT2D eigenvalue weighted by atomic mass is 10.0. The molecule has 0 spiro atoms. The number of amides is 3. The summed E-state index contributed by atoms with van der Waals surface area (Å²) in [5.74, 6) is -3.63. The van der Waals surface area contributed by atoms with Crippen LogP contribution in [0.5, 0.6) is 0 Å². The van der Waals surface area contributed by atoms with Crippen molar-refractivity contribution >= 4 is 23.7 Å². The molecule has 3 N–H and O–H groups in total. The van der Waals surface area contributed by atoms with Gasteiger partial charge in [0.05, 0.1) is 17.9 Å². The SMILES string of the molecule is CN1CCNCC1c1cn(-c2ccc3c(c2)CN(C2CCC(=O)NC2=O)C3=O)nn1.O=C(O)C(F)(F)F. The third-order valence-corrected chi connectivity index (χ3v) is 6.38. The zero-order chi connectivity index (χ0) is 26.9. The number of alkyl halides is 3. The summed E-state index contributed by atoms with van der Waals surface area (Å²) in [7, 11) is 2.08. The van der Waals surface area contributed by atoms with Crippen molar-refractivity contribution in [2.45, 2.75) is 37.6 Å². The van der Waals surface area contributed by atoms with E-state index >= 15 is 0 Å². The van der Waals surface area contributed by atoms with Gasteiger partial charge in [0.25, 0.3) is 5.91 Å². The maximum absolute atomic E-state index is 12.8. The van der Waals surface area contributed by atoms with Gasteiger partial charge in [-0.05, 0) is 37.2 Å². The van der Waals surface area contributed by atoms with Gasteiger partial charge in [0.1, 0.15) is 11.7 Å². The monoisotopic (exact) mass is 523 g/mol. The number of halogens is 3. The molecule has 3 aliphatic heterocycles. The van der Waals surface area contributed by atoms with E-state index < -0.39 is 24.1 Å². The van der Waals surface area contributed by atoms with Crippen molar-refractivity contribution in [3.05, 3.63) is 41.2 Å². The van der Waals surface area contributed by atoms with Crippen LogP contribution in [0.25, 0.3) is 5.69 Å². The van der Waals surface area contributed by atoms with Crippen molar-refractivity contribution in [3.63, 3.8) is 0 Å². The third kappa shape index (κ3) is 5.61.